The van der Waals surface area contributed by atoms with E-state index in [9.17, 15) is 9.90 Å². The van der Waals surface area contributed by atoms with Gasteiger partial charge in [0, 0.05) is 17.2 Å². The van der Waals surface area contributed by atoms with Crippen LogP contribution in [0.15, 0.2) is 36.4 Å². The van der Waals surface area contributed by atoms with Crippen molar-refractivity contribution in [2.75, 3.05) is 0 Å². The van der Waals surface area contributed by atoms with Crippen molar-refractivity contribution >= 4 is 11.5 Å². The van der Waals surface area contributed by atoms with E-state index in [1.165, 1.54) is 11.6 Å². The second-order valence-corrected chi connectivity index (χ2v) is 5.76. The van der Waals surface area contributed by atoms with Crippen molar-refractivity contribution in [1.29, 1.82) is 0 Å². The van der Waals surface area contributed by atoms with Crippen LogP contribution in [0, 0.1) is 34.6 Å². The highest BCUT2D eigenvalue weighted by atomic mass is 16.3. The summed E-state index contributed by atoms with van der Waals surface area (Å²) in [7, 11) is 0. The SMILES string of the molecule is Cc1c(C)c(C)c(C(=O)/C=C(\O)c2ccccc2)c(C)c1C. The first-order valence-electron chi connectivity index (χ1n) is 7.42. The van der Waals surface area contributed by atoms with Crippen LogP contribution in [0.4, 0.5) is 0 Å². The third-order valence-electron chi connectivity index (χ3n) is 4.58. The lowest BCUT2D eigenvalue weighted by Crippen LogP contribution is -2.08. The van der Waals surface area contributed by atoms with E-state index in [-0.39, 0.29) is 11.5 Å². The minimum absolute atomic E-state index is 0.000260. The molecule has 2 rings (SSSR count). The molecule has 0 aromatic heterocycles. The second-order valence-electron chi connectivity index (χ2n) is 5.76. The van der Waals surface area contributed by atoms with Gasteiger partial charge < -0.3 is 5.11 Å². The maximum Gasteiger partial charge on any atom is 0.190 e. The standard InChI is InChI=1S/C20H22O2/c1-12-13(2)15(4)20(16(5)14(12)3)19(22)11-18(21)17-9-7-6-8-10-17/h6-11,21H,1-5H3/b18-11-. The zero-order valence-electron chi connectivity index (χ0n) is 13.8. The molecule has 0 saturated heterocycles. The normalized spacial score (nSPS) is 11.6. The van der Waals surface area contributed by atoms with Crippen LogP contribution >= 0.6 is 0 Å². The van der Waals surface area contributed by atoms with E-state index in [0.717, 1.165) is 22.3 Å². The molecule has 0 radical (unpaired) electrons. The molecule has 2 aromatic carbocycles. The van der Waals surface area contributed by atoms with Crippen LogP contribution in [-0.4, -0.2) is 10.9 Å². The number of allylic oxidation sites excluding steroid dienone is 1. The van der Waals surface area contributed by atoms with Crippen molar-refractivity contribution in [1.82, 2.24) is 0 Å². The van der Waals surface area contributed by atoms with E-state index in [1.54, 1.807) is 12.1 Å². The zero-order chi connectivity index (χ0) is 16.4. The maximum atomic E-state index is 12.6. The van der Waals surface area contributed by atoms with E-state index in [2.05, 4.69) is 6.92 Å². The molecule has 0 spiro atoms. The van der Waals surface area contributed by atoms with Gasteiger partial charge in [-0.15, -0.1) is 0 Å². The van der Waals surface area contributed by atoms with Gasteiger partial charge in [-0.2, -0.15) is 0 Å². The van der Waals surface area contributed by atoms with Crippen molar-refractivity contribution in [2.24, 2.45) is 0 Å². The number of benzene rings is 2. The Hall–Kier alpha value is -2.35. The molecule has 0 unspecified atom stereocenters. The van der Waals surface area contributed by atoms with E-state index in [0.29, 0.717) is 11.1 Å². The number of ketones is 1. The Balaban J connectivity index is 2.52. The molecular formula is C20H22O2. The summed E-state index contributed by atoms with van der Waals surface area (Å²) in [5.74, 6) is -0.150. The molecule has 2 nitrogen and oxygen atoms in total. The van der Waals surface area contributed by atoms with E-state index >= 15 is 0 Å². The van der Waals surface area contributed by atoms with Crippen molar-refractivity contribution < 1.29 is 9.90 Å². The number of hydrogen-bond donors (Lipinski definition) is 1. The monoisotopic (exact) mass is 294 g/mol. The average molecular weight is 294 g/mol. The molecule has 0 fully saturated rings. The van der Waals surface area contributed by atoms with Gasteiger partial charge in [0.25, 0.3) is 0 Å². The second kappa shape index (κ2) is 6.18. The predicted molar refractivity (Wildman–Crippen MR) is 91.5 cm³/mol. The topological polar surface area (TPSA) is 37.3 Å². The molecular weight excluding hydrogens is 272 g/mol. The summed E-state index contributed by atoms with van der Waals surface area (Å²) in [6, 6.07) is 9.11. The Morgan fingerprint density at radius 2 is 1.27 bits per heavy atom. The predicted octanol–water partition coefficient (Wildman–Crippen LogP) is 5.01. The summed E-state index contributed by atoms with van der Waals surface area (Å²) in [6.07, 6.45) is 1.32. The van der Waals surface area contributed by atoms with Gasteiger partial charge in [0.05, 0.1) is 0 Å². The van der Waals surface area contributed by atoms with Crippen LogP contribution in [0.3, 0.4) is 0 Å². The summed E-state index contributed by atoms with van der Waals surface area (Å²) < 4.78 is 0. The average Bonchev–Trinajstić information content (AvgIpc) is 2.52. The Bertz CT molecular complexity index is 724. The lowest BCUT2D eigenvalue weighted by Gasteiger charge is -2.17. The van der Waals surface area contributed by atoms with Gasteiger partial charge in [-0.1, -0.05) is 30.3 Å². The lowest BCUT2D eigenvalue weighted by molar-refractivity contribution is 0.104. The molecule has 0 aliphatic carbocycles. The van der Waals surface area contributed by atoms with Gasteiger partial charge in [0.1, 0.15) is 5.76 Å². The van der Waals surface area contributed by atoms with Crippen LogP contribution < -0.4 is 0 Å². The molecule has 2 heteroatoms. The minimum Gasteiger partial charge on any atom is -0.507 e. The number of aliphatic hydroxyl groups is 1. The van der Waals surface area contributed by atoms with Crippen LogP contribution in [0.25, 0.3) is 5.76 Å². The molecule has 114 valence electrons. The summed E-state index contributed by atoms with van der Waals surface area (Å²) in [6.45, 7) is 10.1. The Kier molecular flexibility index (Phi) is 4.51. The number of rotatable bonds is 3. The number of carbonyl (C=O) groups excluding carboxylic acids is 1. The summed E-state index contributed by atoms with van der Waals surface area (Å²) in [5.41, 5.74) is 6.82. The first-order chi connectivity index (χ1) is 10.3. The zero-order valence-corrected chi connectivity index (χ0v) is 13.8. The Morgan fingerprint density at radius 3 is 1.77 bits per heavy atom. The maximum absolute atomic E-state index is 12.6. The molecule has 22 heavy (non-hydrogen) atoms. The fraction of sp³-hybridized carbons (Fsp3) is 0.250. The number of aliphatic hydroxyl groups excluding tert-OH is 1. The number of carbonyl (C=O) groups is 1. The third-order valence-corrected chi connectivity index (χ3v) is 4.58. The molecule has 0 saturated carbocycles. The molecule has 0 aliphatic heterocycles. The van der Waals surface area contributed by atoms with Crippen molar-refractivity contribution in [3.63, 3.8) is 0 Å². The Morgan fingerprint density at radius 1 is 0.818 bits per heavy atom. The van der Waals surface area contributed by atoms with Crippen LogP contribution in [-0.2, 0) is 0 Å². The highest BCUT2D eigenvalue weighted by Gasteiger charge is 2.17. The highest BCUT2D eigenvalue weighted by molar-refractivity contribution is 6.10. The molecule has 0 aliphatic rings. The van der Waals surface area contributed by atoms with Gasteiger partial charge in [-0.3, -0.25) is 4.79 Å². The summed E-state index contributed by atoms with van der Waals surface area (Å²) in [5, 5.41) is 10.2. The fourth-order valence-corrected chi connectivity index (χ4v) is 2.76. The number of hydrogen-bond acceptors (Lipinski definition) is 2. The van der Waals surface area contributed by atoms with Gasteiger partial charge in [0.15, 0.2) is 5.78 Å². The molecule has 0 heterocycles. The highest BCUT2D eigenvalue weighted by Crippen LogP contribution is 2.27. The fourth-order valence-electron chi connectivity index (χ4n) is 2.76. The first-order valence-corrected chi connectivity index (χ1v) is 7.42. The van der Waals surface area contributed by atoms with Crippen LogP contribution in [0.2, 0.25) is 0 Å². The van der Waals surface area contributed by atoms with Gasteiger partial charge >= 0.3 is 0 Å². The first kappa shape index (κ1) is 16.0. The van der Waals surface area contributed by atoms with Crippen molar-refractivity contribution in [3.8, 4) is 0 Å². The van der Waals surface area contributed by atoms with E-state index < -0.39 is 0 Å². The minimum atomic E-state index is -0.150. The summed E-state index contributed by atoms with van der Waals surface area (Å²) in [4.78, 5) is 12.6. The molecule has 0 atom stereocenters. The third kappa shape index (κ3) is 2.82. The lowest BCUT2D eigenvalue weighted by atomic mass is 9.87. The summed E-state index contributed by atoms with van der Waals surface area (Å²) >= 11 is 0. The van der Waals surface area contributed by atoms with Gasteiger partial charge in [-0.05, 0) is 62.4 Å². The Labute approximate surface area is 132 Å². The van der Waals surface area contributed by atoms with E-state index in [4.69, 9.17) is 0 Å². The molecule has 1 N–H and O–H groups in total. The largest absolute Gasteiger partial charge is 0.507 e. The molecule has 0 bridgehead atoms. The van der Waals surface area contributed by atoms with Crippen LogP contribution in [0.1, 0.15) is 43.7 Å². The van der Waals surface area contributed by atoms with Crippen molar-refractivity contribution in [2.45, 2.75) is 34.6 Å². The van der Waals surface area contributed by atoms with E-state index in [1.807, 2.05) is 45.9 Å². The van der Waals surface area contributed by atoms with Crippen LogP contribution in [0.5, 0.6) is 0 Å². The quantitative estimate of drug-likeness (QED) is 0.491. The van der Waals surface area contributed by atoms with Gasteiger partial charge in [-0.25, -0.2) is 0 Å². The van der Waals surface area contributed by atoms with Gasteiger partial charge in [0.2, 0.25) is 0 Å². The van der Waals surface area contributed by atoms with Crippen molar-refractivity contribution in [3.05, 3.63) is 75.4 Å². The molecule has 2 aromatic rings. The smallest absolute Gasteiger partial charge is 0.190 e. The molecule has 0 amide bonds.